The van der Waals surface area contributed by atoms with Crippen molar-refractivity contribution < 1.29 is 34.8 Å². The predicted molar refractivity (Wildman–Crippen MR) is 192 cm³/mol. The molecule has 0 unspecified atom stereocenters. The minimum absolute atomic E-state index is 0.0213. The topological polar surface area (TPSA) is 235 Å². The van der Waals surface area contributed by atoms with Crippen LogP contribution in [0.1, 0.15) is 23.3 Å². The van der Waals surface area contributed by atoms with Crippen LogP contribution in [0.5, 0.6) is 0 Å². The van der Waals surface area contributed by atoms with Crippen LogP contribution in [0, 0.1) is 12.3 Å². The molecule has 19 heteroatoms. The SMILES string of the molecule is CSc1sc(C(=N)N)cc1S(=O)(=O)c1cccc(-c2c(C)cc(NC(=O)NCCCS(C)(=O)=O)cc2NC(=O)NCCCS(C)(=O)=O)c1. The lowest BCUT2D eigenvalue weighted by Crippen LogP contribution is -2.31. The number of hydrogen-bond acceptors (Lipinski definition) is 11. The molecule has 0 atom stereocenters. The van der Waals surface area contributed by atoms with Gasteiger partial charge >= 0.3 is 12.1 Å². The molecule has 0 aliphatic carbocycles. The van der Waals surface area contributed by atoms with Gasteiger partial charge in [0.15, 0.2) is 0 Å². The van der Waals surface area contributed by atoms with Gasteiger partial charge in [0.25, 0.3) is 0 Å². The third kappa shape index (κ3) is 11.2. The van der Waals surface area contributed by atoms with Crippen molar-refractivity contribution >= 4 is 81.9 Å². The number of thioether (sulfide) groups is 1. The molecule has 0 radical (unpaired) electrons. The molecule has 14 nitrogen and oxygen atoms in total. The van der Waals surface area contributed by atoms with E-state index in [1.54, 1.807) is 31.4 Å². The van der Waals surface area contributed by atoms with Gasteiger partial charge < -0.3 is 27.0 Å². The Bertz CT molecular complexity index is 2030. The Labute approximate surface area is 288 Å². The fraction of sp³-hybridized carbons (Fsp3) is 0.345. The summed E-state index contributed by atoms with van der Waals surface area (Å²) in [6.07, 6.45) is 4.33. The van der Waals surface area contributed by atoms with Crippen LogP contribution in [0.4, 0.5) is 21.0 Å². The van der Waals surface area contributed by atoms with Crippen molar-refractivity contribution in [2.24, 2.45) is 5.73 Å². The van der Waals surface area contributed by atoms with E-state index in [9.17, 15) is 34.8 Å². The first-order valence-electron chi connectivity index (χ1n) is 14.3. The number of sulfone groups is 3. The highest BCUT2D eigenvalue weighted by molar-refractivity contribution is 8.01. The lowest BCUT2D eigenvalue weighted by atomic mass is 9.97. The first-order chi connectivity index (χ1) is 22.3. The van der Waals surface area contributed by atoms with Gasteiger partial charge in [0.1, 0.15) is 25.5 Å². The number of benzene rings is 2. The number of rotatable bonds is 15. The van der Waals surface area contributed by atoms with Gasteiger partial charge in [-0.2, -0.15) is 0 Å². The third-order valence-electron chi connectivity index (χ3n) is 6.64. The third-order valence-corrected chi connectivity index (χ3v) is 13.0. The largest absolute Gasteiger partial charge is 0.383 e. The Hall–Kier alpha value is -3.65. The number of hydrogen-bond donors (Lipinski definition) is 6. The first kappa shape index (κ1) is 38.8. The summed E-state index contributed by atoms with van der Waals surface area (Å²) < 4.78 is 73.7. The van der Waals surface area contributed by atoms with Gasteiger partial charge in [-0.05, 0) is 67.5 Å². The fourth-order valence-electron chi connectivity index (χ4n) is 4.52. The number of urea groups is 2. The standard InChI is InChI=1S/C29H38N6O8S5/c1-18-14-20(34-28(36)32-10-6-12-46(3,38)39)16-22(35-29(37)33-11-7-13-47(4,40)41)25(18)19-8-5-9-21(15-19)48(42,43)24-17-23(26(30)31)45-27(24)44-2/h5,8-9,14-17H,6-7,10-13H2,1-4H3,(H3,30,31)(H2,32,34,36)(H2,33,35,37). The lowest BCUT2D eigenvalue weighted by Gasteiger charge is -2.18. The number of carbonyl (C=O) groups is 2. The highest BCUT2D eigenvalue weighted by atomic mass is 32.2. The average molecular weight is 759 g/mol. The van der Waals surface area contributed by atoms with E-state index in [-0.39, 0.29) is 64.4 Å². The van der Waals surface area contributed by atoms with Crippen molar-refractivity contribution in [1.82, 2.24) is 10.6 Å². The number of nitrogens with one attached hydrogen (secondary N) is 5. The number of amidine groups is 1. The Morgan fingerprint density at radius 3 is 2.00 bits per heavy atom. The van der Waals surface area contributed by atoms with Crippen LogP contribution < -0.4 is 27.0 Å². The summed E-state index contributed by atoms with van der Waals surface area (Å²) in [6.45, 7) is 1.88. The number of aryl methyl sites for hydroxylation is 1. The van der Waals surface area contributed by atoms with E-state index in [4.69, 9.17) is 11.1 Å². The summed E-state index contributed by atoms with van der Waals surface area (Å²) in [6, 6.07) is 9.36. The van der Waals surface area contributed by atoms with E-state index in [1.807, 2.05) is 0 Å². The Balaban J connectivity index is 1.99. The van der Waals surface area contributed by atoms with Gasteiger partial charge in [0, 0.05) is 36.9 Å². The predicted octanol–water partition coefficient (Wildman–Crippen LogP) is 3.67. The van der Waals surface area contributed by atoms with E-state index in [0.717, 1.165) is 23.8 Å². The molecule has 0 fully saturated rings. The van der Waals surface area contributed by atoms with Crippen LogP contribution in [0.3, 0.4) is 0 Å². The minimum Gasteiger partial charge on any atom is -0.383 e. The maximum atomic E-state index is 13.8. The zero-order valence-electron chi connectivity index (χ0n) is 26.7. The quantitative estimate of drug-likeness (QED) is 0.0569. The van der Waals surface area contributed by atoms with Gasteiger partial charge in [0.05, 0.1) is 36.1 Å². The molecule has 2 aromatic carbocycles. The van der Waals surface area contributed by atoms with E-state index in [1.165, 1.54) is 36.0 Å². The number of thiophene rings is 1. The van der Waals surface area contributed by atoms with Crippen molar-refractivity contribution in [2.75, 3.05) is 54.0 Å². The molecular formula is C29H38N6O8S5. The number of amides is 4. The minimum atomic E-state index is -4.06. The molecule has 0 aliphatic rings. The molecule has 48 heavy (non-hydrogen) atoms. The first-order valence-corrected chi connectivity index (χ1v) is 21.9. The summed E-state index contributed by atoms with van der Waals surface area (Å²) >= 11 is 2.33. The molecule has 3 aromatic rings. The molecule has 4 amide bonds. The van der Waals surface area contributed by atoms with Gasteiger partial charge in [-0.25, -0.2) is 34.8 Å². The molecular weight excluding hydrogens is 721 g/mol. The maximum absolute atomic E-state index is 13.8. The smallest absolute Gasteiger partial charge is 0.319 e. The highest BCUT2D eigenvalue weighted by Gasteiger charge is 2.26. The normalized spacial score (nSPS) is 11.9. The van der Waals surface area contributed by atoms with Crippen LogP contribution >= 0.6 is 23.1 Å². The fourth-order valence-corrected chi connectivity index (χ4v) is 9.76. The number of anilines is 2. The monoisotopic (exact) mass is 758 g/mol. The Kier molecular flexibility index (Phi) is 13.1. The molecule has 0 aliphatic heterocycles. The number of nitrogen functional groups attached to an aromatic ring is 1. The summed E-state index contributed by atoms with van der Waals surface area (Å²) in [5, 5.41) is 18.3. The second kappa shape index (κ2) is 16.2. The van der Waals surface area contributed by atoms with Gasteiger partial charge in [-0.1, -0.05) is 12.1 Å². The molecule has 1 aromatic heterocycles. The van der Waals surface area contributed by atoms with Crippen LogP contribution in [0.15, 0.2) is 56.5 Å². The summed E-state index contributed by atoms with van der Waals surface area (Å²) in [4.78, 5) is 25.8. The van der Waals surface area contributed by atoms with Crippen molar-refractivity contribution in [1.29, 1.82) is 5.41 Å². The van der Waals surface area contributed by atoms with Crippen LogP contribution in [0.2, 0.25) is 0 Å². The Morgan fingerprint density at radius 1 is 0.875 bits per heavy atom. The molecule has 0 spiro atoms. The van der Waals surface area contributed by atoms with Crippen molar-refractivity contribution in [3.05, 3.63) is 52.9 Å². The van der Waals surface area contributed by atoms with Gasteiger partial charge in [0.2, 0.25) is 9.84 Å². The lowest BCUT2D eigenvalue weighted by molar-refractivity contribution is 0.251. The number of nitrogens with two attached hydrogens (primary N) is 1. The zero-order chi connectivity index (χ0) is 35.9. The maximum Gasteiger partial charge on any atom is 0.319 e. The summed E-state index contributed by atoms with van der Waals surface area (Å²) in [7, 11) is -10.5. The van der Waals surface area contributed by atoms with Crippen LogP contribution in [-0.2, 0) is 29.5 Å². The second-order valence-corrected chi connectivity index (χ2v) is 19.4. The van der Waals surface area contributed by atoms with E-state index < -0.39 is 41.6 Å². The average Bonchev–Trinajstić information content (AvgIpc) is 3.43. The van der Waals surface area contributed by atoms with E-state index in [2.05, 4.69) is 21.3 Å². The molecule has 262 valence electrons. The summed E-state index contributed by atoms with van der Waals surface area (Å²) in [5.74, 6) is -0.456. The molecule has 0 bridgehead atoms. The van der Waals surface area contributed by atoms with Gasteiger partial charge in [-0.15, -0.1) is 23.1 Å². The Morgan fingerprint density at radius 2 is 1.46 bits per heavy atom. The zero-order valence-corrected chi connectivity index (χ0v) is 30.8. The van der Waals surface area contributed by atoms with Crippen molar-refractivity contribution in [3.8, 4) is 11.1 Å². The van der Waals surface area contributed by atoms with Crippen LogP contribution in [-0.4, -0.2) is 86.5 Å². The van der Waals surface area contributed by atoms with Crippen molar-refractivity contribution in [2.45, 2.75) is 33.8 Å². The van der Waals surface area contributed by atoms with E-state index in [0.29, 0.717) is 25.8 Å². The molecule has 0 saturated carbocycles. The van der Waals surface area contributed by atoms with Crippen LogP contribution in [0.25, 0.3) is 11.1 Å². The molecule has 3 rings (SSSR count). The highest BCUT2D eigenvalue weighted by Crippen LogP contribution is 2.39. The van der Waals surface area contributed by atoms with Crippen molar-refractivity contribution in [3.63, 3.8) is 0 Å². The van der Waals surface area contributed by atoms with Gasteiger partial charge in [-0.3, -0.25) is 5.41 Å². The second-order valence-electron chi connectivity index (χ2n) is 10.9. The summed E-state index contributed by atoms with van der Waals surface area (Å²) in [5.41, 5.74) is 7.58. The molecule has 7 N–H and O–H groups in total. The molecule has 0 saturated heterocycles. The van der Waals surface area contributed by atoms with E-state index >= 15 is 0 Å². The molecule has 1 heterocycles. The number of carbonyl (C=O) groups excluding carboxylic acids is 2.